The van der Waals surface area contributed by atoms with Gasteiger partial charge in [-0.3, -0.25) is 0 Å². The van der Waals surface area contributed by atoms with Gasteiger partial charge >= 0.3 is 0 Å². The van der Waals surface area contributed by atoms with Crippen molar-refractivity contribution in [1.29, 1.82) is 0 Å². The number of benzene rings is 1. The number of rotatable bonds is 2. The van der Waals surface area contributed by atoms with Gasteiger partial charge in [0.2, 0.25) is 0 Å². The minimum atomic E-state index is -1.02. The van der Waals surface area contributed by atoms with Gasteiger partial charge in [-0.25, -0.2) is 8.78 Å². The standard InChI is InChI=1S/C10H11F2NO2/c11-8-5(14)3-6(15)9(12)7(8)10(4-13)1-2-10/h3,14-15H,1-2,4,13H2. The van der Waals surface area contributed by atoms with Gasteiger partial charge in [-0.05, 0) is 12.8 Å². The summed E-state index contributed by atoms with van der Waals surface area (Å²) in [6.07, 6.45) is 1.14. The maximum Gasteiger partial charge on any atom is 0.171 e. The molecule has 4 N–H and O–H groups in total. The van der Waals surface area contributed by atoms with Crippen molar-refractivity contribution in [3.63, 3.8) is 0 Å². The summed E-state index contributed by atoms with van der Waals surface area (Å²) in [5.74, 6) is -3.53. The Morgan fingerprint density at radius 2 is 1.67 bits per heavy atom. The minimum Gasteiger partial charge on any atom is -0.505 e. The van der Waals surface area contributed by atoms with E-state index >= 15 is 0 Å². The second kappa shape index (κ2) is 3.06. The van der Waals surface area contributed by atoms with E-state index in [-0.39, 0.29) is 12.1 Å². The van der Waals surface area contributed by atoms with Crippen LogP contribution in [0, 0.1) is 11.6 Å². The number of phenols is 2. The smallest absolute Gasteiger partial charge is 0.171 e. The molecule has 0 radical (unpaired) electrons. The predicted octanol–water partition coefficient (Wildman–Crippen LogP) is 1.37. The van der Waals surface area contributed by atoms with E-state index in [9.17, 15) is 8.78 Å². The highest BCUT2D eigenvalue weighted by atomic mass is 19.1. The quantitative estimate of drug-likeness (QED) is 0.698. The van der Waals surface area contributed by atoms with Crippen LogP contribution in [0.25, 0.3) is 0 Å². The maximum absolute atomic E-state index is 13.5. The van der Waals surface area contributed by atoms with E-state index in [1.54, 1.807) is 0 Å². The monoisotopic (exact) mass is 215 g/mol. The van der Waals surface area contributed by atoms with Gasteiger partial charge < -0.3 is 15.9 Å². The average Bonchev–Trinajstić information content (AvgIpc) is 2.96. The molecule has 1 aromatic carbocycles. The van der Waals surface area contributed by atoms with E-state index in [2.05, 4.69) is 0 Å². The summed E-state index contributed by atoms with van der Waals surface area (Å²) in [7, 11) is 0. The lowest BCUT2D eigenvalue weighted by atomic mass is 9.94. The molecule has 0 saturated heterocycles. The van der Waals surface area contributed by atoms with Crippen molar-refractivity contribution in [2.75, 3.05) is 6.54 Å². The zero-order valence-electron chi connectivity index (χ0n) is 7.93. The molecule has 1 aliphatic carbocycles. The normalized spacial score (nSPS) is 17.8. The lowest BCUT2D eigenvalue weighted by molar-refractivity contribution is 0.382. The molecule has 3 nitrogen and oxygen atoms in total. The molecule has 0 spiro atoms. The van der Waals surface area contributed by atoms with Crippen LogP contribution in [0.15, 0.2) is 6.07 Å². The molecule has 0 aromatic heterocycles. The van der Waals surface area contributed by atoms with Crippen molar-refractivity contribution >= 4 is 0 Å². The van der Waals surface area contributed by atoms with E-state index in [1.807, 2.05) is 0 Å². The fourth-order valence-corrected chi connectivity index (χ4v) is 1.78. The van der Waals surface area contributed by atoms with Crippen LogP contribution in [0.4, 0.5) is 8.78 Å². The van der Waals surface area contributed by atoms with Crippen molar-refractivity contribution in [1.82, 2.24) is 0 Å². The van der Waals surface area contributed by atoms with Crippen LogP contribution in [0.3, 0.4) is 0 Å². The Balaban J connectivity index is 2.64. The molecule has 82 valence electrons. The summed E-state index contributed by atoms with van der Waals surface area (Å²) in [6, 6.07) is 0.654. The molecule has 0 aliphatic heterocycles. The van der Waals surface area contributed by atoms with Crippen LogP contribution in [0.1, 0.15) is 18.4 Å². The molecule has 1 saturated carbocycles. The molecular weight excluding hydrogens is 204 g/mol. The lowest BCUT2D eigenvalue weighted by Gasteiger charge is -2.16. The summed E-state index contributed by atoms with van der Waals surface area (Å²) in [4.78, 5) is 0. The summed E-state index contributed by atoms with van der Waals surface area (Å²) in [5.41, 5.74) is 4.41. The predicted molar refractivity (Wildman–Crippen MR) is 49.7 cm³/mol. The molecule has 0 heterocycles. The third kappa shape index (κ3) is 1.34. The number of nitrogens with two attached hydrogens (primary N) is 1. The Hall–Kier alpha value is -1.36. The minimum absolute atomic E-state index is 0.101. The molecule has 1 aliphatic rings. The van der Waals surface area contributed by atoms with Crippen LogP contribution in [-0.2, 0) is 5.41 Å². The van der Waals surface area contributed by atoms with Crippen molar-refractivity contribution in [3.05, 3.63) is 23.3 Å². The number of halogens is 2. The lowest BCUT2D eigenvalue weighted by Crippen LogP contribution is -2.22. The first-order chi connectivity index (χ1) is 7.02. The van der Waals surface area contributed by atoms with Crippen LogP contribution in [-0.4, -0.2) is 16.8 Å². The second-order valence-electron chi connectivity index (χ2n) is 3.90. The van der Waals surface area contributed by atoms with Gasteiger partial charge in [-0.2, -0.15) is 0 Å². The first kappa shape index (κ1) is 10.2. The highest BCUT2D eigenvalue weighted by molar-refractivity contribution is 5.46. The molecular formula is C10H11F2NO2. The number of hydrogen-bond acceptors (Lipinski definition) is 3. The molecule has 5 heteroatoms. The zero-order chi connectivity index (χ0) is 11.2. The van der Waals surface area contributed by atoms with Crippen molar-refractivity contribution < 1.29 is 19.0 Å². The molecule has 0 bridgehead atoms. The van der Waals surface area contributed by atoms with E-state index in [0.29, 0.717) is 18.9 Å². The van der Waals surface area contributed by atoms with Crippen LogP contribution in [0.2, 0.25) is 0 Å². The van der Waals surface area contributed by atoms with Crippen LogP contribution < -0.4 is 5.73 Å². The number of phenolic OH excluding ortho intramolecular Hbond substituents is 2. The fraction of sp³-hybridized carbons (Fsp3) is 0.400. The average molecular weight is 215 g/mol. The topological polar surface area (TPSA) is 66.5 Å². The summed E-state index contributed by atoms with van der Waals surface area (Å²) < 4.78 is 27.0. The molecule has 0 atom stereocenters. The first-order valence-electron chi connectivity index (χ1n) is 4.62. The summed E-state index contributed by atoms with van der Waals surface area (Å²) in [5, 5.41) is 18.3. The Morgan fingerprint density at radius 1 is 1.20 bits per heavy atom. The van der Waals surface area contributed by atoms with Crippen molar-refractivity contribution in [2.45, 2.75) is 18.3 Å². The number of hydrogen-bond donors (Lipinski definition) is 3. The van der Waals surface area contributed by atoms with E-state index < -0.39 is 28.5 Å². The molecule has 0 unspecified atom stereocenters. The third-order valence-electron chi connectivity index (χ3n) is 2.94. The van der Waals surface area contributed by atoms with E-state index in [4.69, 9.17) is 15.9 Å². The van der Waals surface area contributed by atoms with Gasteiger partial charge in [0.05, 0.1) is 0 Å². The maximum atomic E-state index is 13.5. The number of aromatic hydroxyl groups is 2. The van der Waals surface area contributed by atoms with E-state index in [0.717, 1.165) is 0 Å². The van der Waals surface area contributed by atoms with Gasteiger partial charge in [0, 0.05) is 23.6 Å². The highest BCUT2D eigenvalue weighted by Crippen LogP contribution is 2.51. The van der Waals surface area contributed by atoms with Gasteiger partial charge in [-0.1, -0.05) is 0 Å². The van der Waals surface area contributed by atoms with Gasteiger partial charge in [0.15, 0.2) is 23.1 Å². The van der Waals surface area contributed by atoms with Gasteiger partial charge in [0.25, 0.3) is 0 Å². The molecule has 1 aromatic rings. The fourth-order valence-electron chi connectivity index (χ4n) is 1.78. The second-order valence-corrected chi connectivity index (χ2v) is 3.90. The Bertz CT molecular complexity index is 390. The van der Waals surface area contributed by atoms with E-state index in [1.165, 1.54) is 0 Å². The zero-order valence-corrected chi connectivity index (χ0v) is 7.93. The first-order valence-corrected chi connectivity index (χ1v) is 4.62. The van der Waals surface area contributed by atoms with Crippen LogP contribution >= 0.6 is 0 Å². The van der Waals surface area contributed by atoms with Gasteiger partial charge in [-0.15, -0.1) is 0 Å². The molecule has 2 rings (SSSR count). The van der Waals surface area contributed by atoms with Crippen molar-refractivity contribution in [3.8, 4) is 11.5 Å². The SMILES string of the molecule is NCC1(c2c(F)c(O)cc(O)c2F)CC1. The Kier molecular flexibility index (Phi) is 2.08. The largest absolute Gasteiger partial charge is 0.505 e. The summed E-state index contributed by atoms with van der Waals surface area (Å²) in [6.45, 7) is 0.101. The van der Waals surface area contributed by atoms with Crippen LogP contribution in [0.5, 0.6) is 11.5 Å². The third-order valence-corrected chi connectivity index (χ3v) is 2.94. The van der Waals surface area contributed by atoms with Gasteiger partial charge in [0.1, 0.15) is 0 Å². The summed E-state index contributed by atoms with van der Waals surface area (Å²) >= 11 is 0. The highest BCUT2D eigenvalue weighted by Gasteiger charge is 2.48. The molecule has 0 amide bonds. The Labute approximate surface area is 85.1 Å². The van der Waals surface area contributed by atoms with Crippen molar-refractivity contribution in [2.24, 2.45) is 5.73 Å². The molecule has 1 fully saturated rings. The Morgan fingerprint density at radius 3 is 2.00 bits per heavy atom. The molecule has 15 heavy (non-hydrogen) atoms.